The van der Waals surface area contributed by atoms with E-state index in [0.29, 0.717) is 0 Å². The number of allylic oxidation sites excluding steroid dienone is 1. The summed E-state index contributed by atoms with van der Waals surface area (Å²) < 4.78 is 0. The third-order valence-electron chi connectivity index (χ3n) is 2.37. The van der Waals surface area contributed by atoms with Gasteiger partial charge in [0.05, 0.1) is 0 Å². The van der Waals surface area contributed by atoms with Crippen molar-refractivity contribution in [2.24, 2.45) is 0 Å². The summed E-state index contributed by atoms with van der Waals surface area (Å²) in [5.74, 6) is 0. The molecule has 0 N–H and O–H groups in total. The summed E-state index contributed by atoms with van der Waals surface area (Å²) in [6.07, 6.45) is 3.33. The maximum Gasteiger partial charge on any atom is 0 e. The maximum atomic E-state index is 10.6. The molecule has 2 aromatic rings. The molecular formula is C15H11OY-. The van der Waals surface area contributed by atoms with E-state index in [4.69, 9.17) is 0 Å². The van der Waals surface area contributed by atoms with E-state index in [2.05, 4.69) is 0 Å². The van der Waals surface area contributed by atoms with E-state index >= 15 is 0 Å². The van der Waals surface area contributed by atoms with Crippen molar-refractivity contribution in [1.82, 2.24) is 0 Å². The van der Waals surface area contributed by atoms with Crippen molar-refractivity contribution < 1.29 is 37.5 Å². The smallest absolute Gasteiger partial charge is 0 e. The largest absolute Gasteiger partial charge is 0.419 e. The summed E-state index contributed by atoms with van der Waals surface area (Å²) in [5.41, 5.74) is 2.95. The van der Waals surface area contributed by atoms with Crippen LogP contribution in [0, 0.1) is 0 Å². The van der Waals surface area contributed by atoms with Crippen molar-refractivity contribution >= 4 is 11.9 Å². The van der Waals surface area contributed by atoms with E-state index in [0.717, 1.165) is 16.7 Å². The molecule has 2 aromatic carbocycles. The molecule has 0 aliphatic rings. The molecule has 1 radical (unpaired) electrons. The molecule has 81 valence electrons. The van der Waals surface area contributed by atoms with Gasteiger partial charge in [-0.1, -0.05) is 71.8 Å². The molecule has 0 fully saturated rings. The van der Waals surface area contributed by atoms with Gasteiger partial charge in [0.1, 0.15) is 0 Å². The zero-order valence-electron chi connectivity index (χ0n) is 9.34. The van der Waals surface area contributed by atoms with Crippen LogP contribution in [0.4, 0.5) is 0 Å². The van der Waals surface area contributed by atoms with Crippen LogP contribution in [0.5, 0.6) is 0 Å². The molecule has 0 aliphatic heterocycles. The van der Waals surface area contributed by atoms with Crippen LogP contribution < -0.4 is 0 Å². The number of carbonyl (C=O) groups excluding carboxylic acids is 1. The van der Waals surface area contributed by atoms with Gasteiger partial charge in [0.15, 0.2) is 0 Å². The average Bonchev–Trinajstić information content (AvgIpc) is 2.38. The number of hydrogen-bond acceptors (Lipinski definition) is 1. The fraction of sp³-hybridized carbons (Fsp3) is 0. The number of benzene rings is 2. The Morgan fingerprint density at radius 1 is 0.824 bits per heavy atom. The normalized spacial score (nSPS) is 8.94. The van der Waals surface area contributed by atoms with Crippen molar-refractivity contribution in [3.63, 3.8) is 0 Å². The van der Waals surface area contributed by atoms with Crippen molar-refractivity contribution in [3.8, 4) is 0 Å². The summed E-state index contributed by atoms with van der Waals surface area (Å²) >= 11 is 0. The van der Waals surface area contributed by atoms with Gasteiger partial charge in [0, 0.05) is 32.7 Å². The molecule has 0 saturated heterocycles. The van der Waals surface area contributed by atoms with Crippen molar-refractivity contribution in [2.45, 2.75) is 0 Å². The van der Waals surface area contributed by atoms with Gasteiger partial charge in [0.2, 0.25) is 0 Å². The molecule has 0 aliphatic carbocycles. The number of rotatable bonds is 3. The van der Waals surface area contributed by atoms with Crippen LogP contribution in [0.3, 0.4) is 0 Å². The molecule has 17 heavy (non-hydrogen) atoms. The third kappa shape index (κ3) is 3.73. The maximum absolute atomic E-state index is 10.6. The first-order valence-electron chi connectivity index (χ1n) is 5.10. The molecule has 2 heteroatoms. The van der Waals surface area contributed by atoms with Gasteiger partial charge in [-0.3, -0.25) is 0 Å². The Kier molecular flexibility index (Phi) is 6.03. The summed E-state index contributed by atoms with van der Waals surface area (Å²) in [7, 11) is 0. The molecule has 0 atom stereocenters. The van der Waals surface area contributed by atoms with Crippen molar-refractivity contribution in [1.29, 1.82) is 0 Å². The molecule has 0 heterocycles. The second-order valence-corrected chi connectivity index (χ2v) is 3.41. The quantitative estimate of drug-likeness (QED) is 0.628. The standard InChI is InChI=1S/C15H11O.Y/c16-12-11-15(13-7-3-1-4-8-13)14-9-5-2-6-10-14;/h1-11H;/q-1;. The van der Waals surface area contributed by atoms with E-state index < -0.39 is 0 Å². The van der Waals surface area contributed by atoms with Gasteiger partial charge >= 0.3 is 0 Å². The Labute approximate surface area is 126 Å². The summed E-state index contributed by atoms with van der Waals surface area (Å²) in [6, 6.07) is 19.7. The first-order valence-corrected chi connectivity index (χ1v) is 5.10. The van der Waals surface area contributed by atoms with Crippen molar-refractivity contribution in [2.75, 3.05) is 0 Å². The average molecular weight is 296 g/mol. The van der Waals surface area contributed by atoms with Gasteiger partial charge < -0.3 is 4.79 Å². The predicted molar refractivity (Wildman–Crippen MR) is 65.7 cm³/mol. The minimum atomic E-state index is 0. The Morgan fingerprint density at radius 2 is 1.24 bits per heavy atom. The van der Waals surface area contributed by atoms with Gasteiger partial charge in [0.25, 0.3) is 0 Å². The first kappa shape index (κ1) is 14.0. The van der Waals surface area contributed by atoms with Crippen LogP contribution in [0.1, 0.15) is 11.1 Å². The summed E-state index contributed by atoms with van der Waals surface area (Å²) in [6.45, 7) is 0. The Hall–Kier alpha value is -1.05. The van der Waals surface area contributed by atoms with Crippen LogP contribution in [-0.2, 0) is 37.5 Å². The molecule has 0 saturated carbocycles. The molecule has 0 spiro atoms. The van der Waals surface area contributed by atoms with Gasteiger partial charge in [-0.15, -0.1) is 0 Å². The topological polar surface area (TPSA) is 17.1 Å². The Morgan fingerprint density at radius 3 is 1.59 bits per heavy atom. The van der Waals surface area contributed by atoms with Crippen LogP contribution >= 0.6 is 0 Å². The first-order chi connectivity index (χ1) is 7.92. The SMILES string of the molecule is O=[C-]C=C(c1ccccc1)c1ccccc1.[Y]. The predicted octanol–water partition coefficient (Wildman–Crippen LogP) is 3.23. The summed E-state index contributed by atoms with van der Waals surface area (Å²) in [4.78, 5) is 10.6. The minimum Gasteiger partial charge on any atom is -0.419 e. The van der Waals surface area contributed by atoms with E-state index in [1.54, 1.807) is 0 Å². The van der Waals surface area contributed by atoms with Crippen LogP contribution in [0.2, 0.25) is 0 Å². The van der Waals surface area contributed by atoms with Crippen LogP contribution in [0.25, 0.3) is 5.57 Å². The van der Waals surface area contributed by atoms with Crippen LogP contribution in [-0.4, -0.2) is 6.29 Å². The van der Waals surface area contributed by atoms with Gasteiger partial charge in [-0.2, -0.15) is 11.6 Å². The molecule has 0 bridgehead atoms. The Balaban J connectivity index is 0.00000144. The second kappa shape index (κ2) is 7.31. The minimum absolute atomic E-state index is 0. The Bertz CT molecular complexity index is 447. The molecule has 0 aromatic heterocycles. The van der Waals surface area contributed by atoms with E-state index in [9.17, 15) is 4.79 Å². The molecule has 2 rings (SSSR count). The van der Waals surface area contributed by atoms with E-state index in [1.165, 1.54) is 6.08 Å². The second-order valence-electron chi connectivity index (χ2n) is 3.41. The summed E-state index contributed by atoms with van der Waals surface area (Å²) in [5, 5.41) is 0. The van der Waals surface area contributed by atoms with Crippen molar-refractivity contribution in [3.05, 3.63) is 77.9 Å². The van der Waals surface area contributed by atoms with Crippen LogP contribution in [0.15, 0.2) is 66.7 Å². The monoisotopic (exact) mass is 296 g/mol. The molecular weight excluding hydrogens is 285 g/mol. The zero-order chi connectivity index (χ0) is 11.2. The molecule has 0 amide bonds. The molecule has 1 nitrogen and oxygen atoms in total. The van der Waals surface area contributed by atoms with E-state index in [1.807, 2.05) is 66.9 Å². The van der Waals surface area contributed by atoms with E-state index in [-0.39, 0.29) is 32.7 Å². The fourth-order valence-electron chi connectivity index (χ4n) is 1.63. The zero-order valence-corrected chi connectivity index (χ0v) is 12.2. The van der Waals surface area contributed by atoms with Gasteiger partial charge in [-0.05, 0) is 6.29 Å². The third-order valence-corrected chi connectivity index (χ3v) is 2.37. The fourth-order valence-corrected chi connectivity index (χ4v) is 1.63. The molecule has 0 unspecified atom stereocenters. The van der Waals surface area contributed by atoms with Gasteiger partial charge in [-0.25, -0.2) is 0 Å². The number of hydrogen-bond donors (Lipinski definition) is 0.